The van der Waals surface area contributed by atoms with Gasteiger partial charge in [0.15, 0.2) is 17.5 Å². The monoisotopic (exact) mass is 310 g/mol. The van der Waals surface area contributed by atoms with Gasteiger partial charge in [0.1, 0.15) is 0 Å². The van der Waals surface area contributed by atoms with Crippen LogP contribution in [0.5, 0.6) is 0 Å². The van der Waals surface area contributed by atoms with Gasteiger partial charge in [-0.25, -0.2) is 21.6 Å². The standard InChI is InChI=1S/C12H10ClF3O2S/c13-19(17,18)6-11-3-12(4-11,5-11)7-1-2-8(14)10(16)9(7)15/h1-2H,3-6H2. The highest BCUT2D eigenvalue weighted by Gasteiger charge is 2.69. The van der Waals surface area contributed by atoms with E-state index in [4.69, 9.17) is 10.7 Å². The Balaban J connectivity index is 1.85. The molecule has 3 aliphatic rings. The van der Waals surface area contributed by atoms with E-state index in [9.17, 15) is 21.6 Å². The van der Waals surface area contributed by atoms with Gasteiger partial charge < -0.3 is 0 Å². The van der Waals surface area contributed by atoms with Crippen molar-refractivity contribution in [2.45, 2.75) is 24.7 Å². The molecular weight excluding hydrogens is 301 g/mol. The Labute approximate surface area is 113 Å². The molecule has 0 aliphatic heterocycles. The van der Waals surface area contributed by atoms with Gasteiger partial charge >= 0.3 is 0 Å². The van der Waals surface area contributed by atoms with Crippen molar-refractivity contribution in [1.29, 1.82) is 0 Å². The first-order valence-electron chi connectivity index (χ1n) is 5.73. The first-order valence-corrected chi connectivity index (χ1v) is 8.21. The summed E-state index contributed by atoms with van der Waals surface area (Å²) < 4.78 is 61.9. The Kier molecular flexibility index (Phi) is 2.56. The zero-order valence-electron chi connectivity index (χ0n) is 9.72. The van der Waals surface area contributed by atoms with Crippen LogP contribution < -0.4 is 0 Å². The van der Waals surface area contributed by atoms with Crippen LogP contribution in [0.15, 0.2) is 12.1 Å². The van der Waals surface area contributed by atoms with Crippen molar-refractivity contribution in [2.24, 2.45) is 5.41 Å². The zero-order chi connectivity index (χ0) is 14.1. The average molecular weight is 311 g/mol. The Hall–Kier alpha value is -0.750. The van der Waals surface area contributed by atoms with Crippen molar-refractivity contribution in [2.75, 3.05) is 5.75 Å². The topological polar surface area (TPSA) is 34.1 Å². The molecule has 0 aromatic heterocycles. The van der Waals surface area contributed by atoms with E-state index in [1.807, 2.05) is 0 Å². The van der Waals surface area contributed by atoms with Gasteiger partial charge in [-0.2, -0.15) is 0 Å². The quantitative estimate of drug-likeness (QED) is 0.635. The minimum absolute atomic E-state index is 0.139. The van der Waals surface area contributed by atoms with E-state index >= 15 is 0 Å². The molecule has 104 valence electrons. The molecule has 19 heavy (non-hydrogen) atoms. The predicted octanol–water partition coefficient (Wildman–Crippen LogP) is 3.09. The summed E-state index contributed by atoms with van der Waals surface area (Å²) in [6.45, 7) is 0. The summed E-state index contributed by atoms with van der Waals surface area (Å²) in [6.07, 6.45) is 1.36. The Morgan fingerprint density at radius 3 is 2.21 bits per heavy atom. The molecule has 3 saturated carbocycles. The second kappa shape index (κ2) is 3.67. The second-order valence-electron chi connectivity index (χ2n) is 5.72. The number of hydrogen-bond donors (Lipinski definition) is 0. The molecule has 4 rings (SSSR count). The first-order chi connectivity index (χ1) is 8.67. The number of benzene rings is 1. The van der Waals surface area contributed by atoms with Crippen LogP contribution in [0, 0.1) is 22.9 Å². The van der Waals surface area contributed by atoms with Gasteiger partial charge in [0.2, 0.25) is 9.05 Å². The van der Waals surface area contributed by atoms with Crippen LogP contribution in [0.2, 0.25) is 0 Å². The summed E-state index contributed by atoms with van der Waals surface area (Å²) in [5.74, 6) is -4.00. The molecule has 1 aromatic rings. The molecule has 2 bridgehead atoms. The third kappa shape index (κ3) is 1.88. The van der Waals surface area contributed by atoms with Gasteiger partial charge in [0, 0.05) is 10.7 Å². The third-order valence-electron chi connectivity index (χ3n) is 4.23. The van der Waals surface area contributed by atoms with E-state index < -0.39 is 37.3 Å². The highest BCUT2D eigenvalue weighted by atomic mass is 35.7. The van der Waals surface area contributed by atoms with Crippen LogP contribution in [-0.4, -0.2) is 14.2 Å². The zero-order valence-corrected chi connectivity index (χ0v) is 11.3. The van der Waals surface area contributed by atoms with Gasteiger partial charge in [-0.1, -0.05) is 6.07 Å². The fraction of sp³-hybridized carbons (Fsp3) is 0.500. The SMILES string of the molecule is O=S(=O)(Cl)CC12CC(c3ccc(F)c(F)c3F)(C1)C2. The van der Waals surface area contributed by atoms with Crippen molar-refractivity contribution in [3.05, 3.63) is 35.1 Å². The van der Waals surface area contributed by atoms with Crippen LogP contribution in [0.4, 0.5) is 13.2 Å². The fourth-order valence-electron chi connectivity index (χ4n) is 3.74. The molecular formula is C12H10ClF3O2S. The van der Waals surface area contributed by atoms with E-state index in [0.29, 0.717) is 19.3 Å². The van der Waals surface area contributed by atoms with Gasteiger partial charge in [0.05, 0.1) is 5.75 Å². The van der Waals surface area contributed by atoms with Crippen LogP contribution in [-0.2, 0) is 14.5 Å². The lowest BCUT2D eigenvalue weighted by atomic mass is 9.34. The van der Waals surface area contributed by atoms with Gasteiger partial charge in [0.25, 0.3) is 0 Å². The molecule has 0 unspecified atom stereocenters. The molecule has 3 fully saturated rings. The Morgan fingerprint density at radius 1 is 1.11 bits per heavy atom. The van der Waals surface area contributed by atoms with Gasteiger partial charge in [-0.3, -0.25) is 0 Å². The smallest absolute Gasteiger partial charge is 0.212 e. The summed E-state index contributed by atoms with van der Waals surface area (Å²) in [6, 6.07) is 2.14. The van der Waals surface area contributed by atoms with E-state index in [1.54, 1.807) is 0 Å². The number of hydrogen-bond acceptors (Lipinski definition) is 2. The van der Waals surface area contributed by atoms with E-state index in [2.05, 4.69) is 0 Å². The van der Waals surface area contributed by atoms with Gasteiger partial charge in [-0.05, 0) is 41.7 Å². The molecule has 0 N–H and O–H groups in total. The summed E-state index contributed by atoms with van der Waals surface area (Å²) in [5.41, 5.74) is -0.807. The second-order valence-corrected chi connectivity index (χ2v) is 8.49. The molecule has 3 aliphatic carbocycles. The summed E-state index contributed by atoms with van der Waals surface area (Å²) in [4.78, 5) is 0. The van der Waals surface area contributed by atoms with Crippen molar-refractivity contribution < 1.29 is 21.6 Å². The van der Waals surface area contributed by atoms with Crippen molar-refractivity contribution in [3.8, 4) is 0 Å². The van der Waals surface area contributed by atoms with Crippen LogP contribution >= 0.6 is 10.7 Å². The van der Waals surface area contributed by atoms with Crippen LogP contribution in [0.1, 0.15) is 24.8 Å². The highest BCUT2D eigenvalue weighted by Crippen LogP contribution is 2.74. The lowest BCUT2D eigenvalue weighted by Crippen LogP contribution is -2.66. The molecule has 1 aromatic carbocycles. The minimum Gasteiger partial charge on any atom is -0.212 e. The summed E-state index contributed by atoms with van der Waals surface area (Å²) in [5, 5.41) is 0. The van der Waals surface area contributed by atoms with Crippen LogP contribution in [0.25, 0.3) is 0 Å². The Morgan fingerprint density at radius 2 is 1.68 bits per heavy atom. The van der Waals surface area contributed by atoms with Crippen molar-refractivity contribution in [3.63, 3.8) is 0 Å². The Bertz CT molecular complexity index is 652. The summed E-state index contributed by atoms with van der Waals surface area (Å²) >= 11 is 0. The molecule has 0 saturated heterocycles. The third-order valence-corrected chi connectivity index (χ3v) is 5.51. The maximum absolute atomic E-state index is 13.7. The highest BCUT2D eigenvalue weighted by molar-refractivity contribution is 8.13. The number of rotatable bonds is 3. The summed E-state index contributed by atoms with van der Waals surface area (Å²) in [7, 11) is 1.62. The molecule has 0 atom stereocenters. The van der Waals surface area contributed by atoms with Gasteiger partial charge in [-0.15, -0.1) is 0 Å². The van der Waals surface area contributed by atoms with E-state index in [1.165, 1.54) is 6.07 Å². The number of halogens is 4. The van der Waals surface area contributed by atoms with Crippen molar-refractivity contribution >= 4 is 19.7 Å². The lowest BCUT2D eigenvalue weighted by molar-refractivity contribution is -0.124. The van der Waals surface area contributed by atoms with Crippen LogP contribution in [0.3, 0.4) is 0 Å². The lowest BCUT2D eigenvalue weighted by Gasteiger charge is -2.70. The molecule has 0 spiro atoms. The van der Waals surface area contributed by atoms with E-state index in [-0.39, 0.29) is 11.3 Å². The molecule has 0 amide bonds. The average Bonchev–Trinajstić information content (AvgIpc) is 2.18. The predicted molar refractivity (Wildman–Crippen MR) is 63.9 cm³/mol. The minimum atomic E-state index is -3.59. The van der Waals surface area contributed by atoms with E-state index in [0.717, 1.165) is 6.07 Å². The first kappa shape index (κ1) is 13.2. The maximum Gasteiger partial charge on any atom is 0.233 e. The molecule has 7 heteroatoms. The molecule has 0 radical (unpaired) electrons. The normalized spacial score (nSPS) is 32.6. The molecule has 0 heterocycles. The fourth-order valence-corrected chi connectivity index (χ4v) is 5.47. The maximum atomic E-state index is 13.7. The molecule has 2 nitrogen and oxygen atoms in total. The van der Waals surface area contributed by atoms with Crippen molar-refractivity contribution in [1.82, 2.24) is 0 Å². The largest absolute Gasteiger partial charge is 0.233 e.